The second-order valence-electron chi connectivity index (χ2n) is 6.97. The lowest BCUT2D eigenvalue weighted by molar-refractivity contribution is 0.318. The van der Waals surface area contributed by atoms with Crippen molar-refractivity contribution >= 4 is 0 Å². The highest BCUT2D eigenvalue weighted by Crippen LogP contribution is 2.47. The highest BCUT2D eigenvalue weighted by atomic mass is 16.5. The molecule has 6 heteroatoms. The average molecular weight is 428 g/mol. The molecule has 0 radical (unpaired) electrons. The van der Waals surface area contributed by atoms with Crippen molar-refractivity contribution in [2.45, 2.75) is 13.8 Å². The molecule has 4 aromatic rings. The topological polar surface area (TPSA) is 84.7 Å². The first-order valence-corrected chi connectivity index (χ1v) is 10.5. The summed E-state index contributed by atoms with van der Waals surface area (Å²) in [4.78, 5) is 9.05. The zero-order chi connectivity index (χ0) is 22.5. The highest BCUT2D eigenvalue weighted by Gasteiger charge is 2.22. The summed E-state index contributed by atoms with van der Waals surface area (Å²) in [6.45, 7) is 4.57. The van der Waals surface area contributed by atoms with Crippen molar-refractivity contribution in [3.63, 3.8) is 0 Å². The molecule has 2 N–H and O–H groups in total. The molecule has 0 bridgehead atoms. The number of aromatic nitrogens is 2. The number of phenols is 2. The third-order valence-electron chi connectivity index (χ3n) is 5.02. The molecule has 162 valence electrons. The number of hydrogen-bond acceptors (Lipinski definition) is 6. The molecule has 0 amide bonds. The predicted octanol–water partition coefficient (Wildman–Crippen LogP) is 5.69. The molecule has 6 nitrogen and oxygen atoms in total. The molecule has 0 aliphatic carbocycles. The maximum Gasteiger partial charge on any atom is 0.165 e. The van der Waals surface area contributed by atoms with Gasteiger partial charge in [0, 0.05) is 29.1 Å². The van der Waals surface area contributed by atoms with Crippen molar-refractivity contribution in [1.29, 1.82) is 0 Å². The Morgan fingerprint density at radius 1 is 0.656 bits per heavy atom. The quantitative estimate of drug-likeness (QED) is 0.394. The lowest BCUT2D eigenvalue weighted by Gasteiger charge is -2.18. The smallest absolute Gasteiger partial charge is 0.165 e. The van der Waals surface area contributed by atoms with E-state index in [4.69, 9.17) is 9.47 Å². The highest BCUT2D eigenvalue weighted by molar-refractivity contribution is 5.96. The van der Waals surface area contributed by atoms with Crippen LogP contribution in [0.4, 0.5) is 0 Å². The zero-order valence-electron chi connectivity index (χ0n) is 17.9. The van der Waals surface area contributed by atoms with Gasteiger partial charge in [-0.2, -0.15) is 0 Å². The first kappa shape index (κ1) is 21.2. The molecular formula is C26H24N2O4. The van der Waals surface area contributed by atoms with Crippen LogP contribution >= 0.6 is 0 Å². The number of phenolic OH excluding ortho intramolecular Hbond substituents is 2. The zero-order valence-corrected chi connectivity index (χ0v) is 17.9. The van der Waals surface area contributed by atoms with Crippen LogP contribution in [-0.4, -0.2) is 33.4 Å². The van der Waals surface area contributed by atoms with Gasteiger partial charge in [0.25, 0.3) is 0 Å². The number of benzene rings is 2. The van der Waals surface area contributed by atoms with Crippen molar-refractivity contribution in [3.8, 4) is 56.6 Å². The van der Waals surface area contributed by atoms with Crippen LogP contribution in [0.2, 0.25) is 0 Å². The van der Waals surface area contributed by atoms with Crippen molar-refractivity contribution in [1.82, 2.24) is 9.97 Å². The summed E-state index contributed by atoms with van der Waals surface area (Å²) in [6, 6.07) is 18.0. The molecule has 32 heavy (non-hydrogen) atoms. The summed E-state index contributed by atoms with van der Waals surface area (Å²) in [5.41, 5.74) is 3.63. The van der Waals surface area contributed by atoms with E-state index in [2.05, 4.69) is 9.97 Å². The second-order valence-corrected chi connectivity index (χ2v) is 6.97. The van der Waals surface area contributed by atoms with Crippen LogP contribution < -0.4 is 9.47 Å². The molecule has 2 aromatic heterocycles. The lowest BCUT2D eigenvalue weighted by atomic mass is 9.91. The van der Waals surface area contributed by atoms with Gasteiger partial charge in [-0.1, -0.05) is 30.3 Å². The van der Waals surface area contributed by atoms with Crippen LogP contribution in [0, 0.1) is 0 Å². The average Bonchev–Trinajstić information content (AvgIpc) is 2.82. The summed E-state index contributed by atoms with van der Waals surface area (Å²) in [6.07, 6.45) is 3.36. The minimum absolute atomic E-state index is 0.00114. The van der Waals surface area contributed by atoms with E-state index in [-0.39, 0.29) is 11.5 Å². The van der Waals surface area contributed by atoms with Crippen molar-refractivity contribution in [2.24, 2.45) is 0 Å². The molecule has 2 heterocycles. The fraction of sp³-hybridized carbons (Fsp3) is 0.154. The van der Waals surface area contributed by atoms with E-state index in [1.165, 1.54) is 0 Å². The van der Waals surface area contributed by atoms with Gasteiger partial charge < -0.3 is 19.7 Å². The van der Waals surface area contributed by atoms with Crippen molar-refractivity contribution < 1.29 is 19.7 Å². The van der Waals surface area contributed by atoms with Crippen molar-refractivity contribution in [2.75, 3.05) is 13.2 Å². The number of para-hydroxylation sites is 2. The molecule has 0 atom stereocenters. The Morgan fingerprint density at radius 3 is 1.94 bits per heavy atom. The van der Waals surface area contributed by atoms with Gasteiger partial charge in [0.2, 0.25) is 0 Å². The summed E-state index contributed by atoms with van der Waals surface area (Å²) < 4.78 is 11.2. The molecule has 0 unspecified atom stereocenters. The summed E-state index contributed by atoms with van der Waals surface area (Å²) in [7, 11) is 0. The maximum absolute atomic E-state index is 11.1. The van der Waals surface area contributed by atoms with E-state index in [0.717, 1.165) is 0 Å². The van der Waals surface area contributed by atoms with Gasteiger partial charge in [-0.15, -0.1) is 0 Å². The number of pyridine rings is 2. The van der Waals surface area contributed by atoms with Crippen molar-refractivity contribution in [3.05, 3.63) is 73.1 Å². The fourth-order valence-corrected chi connectivity index (χ4v) is 3.66. The Hall–Kier alpha value is -4.06. The molecular weight excluding hydrogens is 404 g/mol. The lowest BCUT2D eigenvalue weighted by Crippen LogP contribution is -1.98. The summed E-state index contributed by atoms with van der Waals surface area (Å²) >= 11 is 0. The van der Waals surface area contributed by atoms with Crippen LogP contribution in [0.5, 0.6) is 23.0 Å². The summed E-state index contributed by atoms with van der Waals surface area (Å²) in [5.74, 6) is 0.786. The van der Waals surface area contributed by atoms with Crippen LogP contribution in [0.3, 0.4) is 0 Å². The number of nitrogens with zero attached hydrogens (tertiary/aromatic N) is 2. The minimum Gasteiger partial charge on any atom is -0.504 e. The minimum atomic E-state index is 0.00114. The van der Waals surface area contributed by atoms with Gasteiger partial charge in [-0.3, -0.25) is 9.97 Å². The van der Waals surface area contributed by atoms with Gasteiger partial charge in [-0.05, 0) is 49.7 Å². The SMILES string of the molecule is CCOc1cccc(-c2ccnc(-c3ccccn3)c2-c2cccc(OCC)c2O)c1O. The Kier molecular flexibility index (Phi) is 6.22. The van der Waals surface area contributed by atoms with Crippen LogP contribution in [-0.2, 0) is 0 Å². The molecule has 4 rings (SSSR count). The molecule has 0 aliphatic rings. The Bertz CT molecular complexity index is 1230. The van der Waals surface area contributed by atoms with E-state index < -0.39 is 0 Å². The first-order chi connectivity index (χ1) is 15.7. The number of hydrogen-bond donors (Lipinski definition) is 2. The van der Waals surface area contributed by atoms with Gasteiger partial charge in [0.15, 0.2) is 23.0 Å². The predicted molar refractivity (Wildman–Crippen MR) is 124 cm³/mol. The van der Waals surface area contributed by atoms with Gasteiger partial charge in [-0.25, -0.2) is 0 Å². The van der Waals surface area contributed by atoms with E-state index in [9.17, 15) is 10.2 Å². The molecule has 0 saturated heterocycles. The van der Waals surface area contributed by atoms with Crippen LogP contribution in [0.25, 0.3) is 33.6 Å². The van der Waals surface area contributed by atoms with Crippen LogP contribution in [0.1, 0.15) is 13.8 Å². The van der Waals surface area contributed by atoms with Crippen LogP contribution in [0.15, 0.2) is 73.1 Å². The molecule has 0 fully saturated rings. The molecule has 2 aromatic carbocycles. The maximum atomic E-state index is 11.1. The molecule has 0 spiro atoms. The second kappa shape index (κ2) is 9.39. The number of rotatable bonds is 7. The number of ether oxygens (including phenoxy) is 2. The Labute approximate surface area is 186 Å². The Balaban J connectivity index is 2.04. The summed E-state index contributed by atoms with van der Waals surface area (Å²) in [5, 5.41) is 22.0. The Morgan fingerprint density at radius 2 is 1.31 bits per heavy atom. The standard InChI is InChI=1S/C26H24N2O4/c1-3-31-21-12-7-9-18(25(21)29)17-14-16-28-24(20-11-5-6-15-27-20)23(17)19-10-8-13-22(26(19)30)32-4-2/h5-16,29-30H,3-4H2,1-2H3. The first-order valence-electron chi connectivity index (χ1n) is 10.5. The van der Waals surface area contributed by atoms with E-state index >= 15 is 0 Å². The molecule has 0 aliphatic heterocycles. The third kappa shape index (κ3) is 3.95. The van der Waals surface area contributed by atoms with E-state index in [0.29, 0.717) is 58.4 Å². The largest absolute Gasteiger partial charge is 0.504 e. The van der Waals surface area contributed by atoms with Gasteiger partial charge >= 0.3 is 0 Å². The van der Waals surface area contributed by atoms with Gasteiger partial charge in [0.1, 0.15) is 0 Å². The van der Waals surface area contributed by atoms with Gasteiger partial charge in [0.05, 0.1) is 24.6 Å². The fourth-order valence-electron chi connectivity index (χ4n) is 3.66. The van der Waals surface area contributed by atoms with E-state index in [1.54, 1.807) is 36.7 Å². The monoisotopic (exact) mass is 428 g/mol. The normalized spacial score (nSPS) is 10.7. The molecule has 0 saturated carbocycles. The number of aromatic hydroxyl groups is 2. The van der Waals surface area contributed by atoms with E-state index in [1.807, 2.05) is 50.2 Å². The third-order valence-corrected chi connectivity index (χ3v) is 5.02.